The summed E-state index contributed by atoms with van der Waals surface area (Å²) in [4.78, 5) is 59.9. The van der Waals surface area contributed by atoms with E-state index in [1.807, 2.05) is 0 Å². The highest BCUT2D eigenvalue weighted by atomic mass is 16.5. The highest BCUT2D eigenvalue weighted by Crippen LogP contribution is 2.25. The lowest BCUT2D eigenvalue weighted by molar-refractivity contribution is -0.142. The van der Waals surface area contributed by atoms with Crippen LogP contribution in [-0.2, 0) is 9.53 Å². The summed E-state index contributed by atoms with van der Waals surface area (Å²) in [6.07, 6.45) is 2.62. The van der Waals surface area contributed by atoms with Crippen LogP contribution < -0.4 is 26.2 Å². The third-order valence-corrected chi connectivity index (χ3v) is 5.28. The van der Waals surface area contributed by atoms with Crippen LogP contribution in [0.3, 0.4) is 0 Å². The number of rotatable bonds is 11. The van der Waals surface area contributed by atoms with Crippen molar-refractivity contribution in [3.8, 4) is 5.75 Å². The molecule has 1 unspecified atom stereocenters. The van der Waals surface area contributed by atoms with Crippen molar-refractivity contribution in [1.29, 1.82) is 0 Å². The smallest absolute Gasteiger partial charge is 0.307 e. The third kappa shape index (κ3) is 7.13. The van der Waals surface area contributed by atoms with Gasteiger partial charge in [-0.1, -0.05) is 18.2 Å². The second-order valence-corrected chi connectivity index (χ2v) is 7.69. The summed E-state index contributed by atoms with van der Waals surface area (Å²) >= 11 is 0. The monoisotopic (exact) mass is 508 g/mol. The van der Waals surface area contributed by atoms with Gasteiger partial charge in [0, 0.05) is 26.0 Å². The minimum atomic E-state index is -0.792. The van der Waals surface area contributed by atoms with Crippen LogP contribution in [0.15, 0.2) is 53.6 Å². The fourth-order valence-electron chi connectivity index (χ4n) is 3.36. The molecule has 3 aromatic rings. The highest BCUT2D eigenvalue weighted by molar-refractivity contribution is 5.95. The van der Waals surface area contributed by atoms with E-state index in [2.05, 4.69) is 30.9 Å². The number of carbonyl (C=O) groups is 3. The number of nitrogens with one attached hydrogen (secondary N) is 4. The van der Waals surface area contributed by atoms with E-state index in [1.54, 1.807) is 63.7 Å². The average molecular weight is 509 g/mol. The molecular formula is C25H28N6O6. The fraction of sp³-hybridized carbons (Fsp3) is 0.280. The molecule has 0 fully saturated rings. The molecule has 0 saturated heterocycles. The maximum atomic E-state index is 13.1. The van der Waals surface area contributed by atoms with Gasteiger partial charge in [0.25, 0.3) is 17.4 Å². The molecule has 12 heteroatoms. The minimum Gasteiger partial charge on any atom is -0.497 e. The van der Waals surface area contributed by atoms with Crippen molar-refractivity contribution in [2.45, 2.75) is 19.4 Å². The number of pyridine rings is 1. The van der Waals surface area contributed by atoms with Gasteiger partial charge in [-0.2, -0.15) is 0 Å². The fourth-order valence-corrected chi connectivity index (χ4v) is 3.36. The molecule has 194 valence electrons. The van der Waals surface area contributed by atoms with Crippen LogP contribution in [0.1, 0.15) is 51.5 Å². The first-order valence-corrected chi connectivity index (χ1v) is 11.5. The van der Waals surface area contributed by atoms with Crippen molar-refractivity contribution in [1.82, 2.24) is 25.6 Å². The predicted octanol–water partition coefficient (Wildman–Crippen LogP) is 1.42. The van der Waals surface area contributed by atoms with E-state index >= 15 is 0 Å². The first-order valence-electron chi connectivity index (χ1n) is 11.5. The number of ether oxygens (including phenoxy) is 2. The van der Waals surface area contributed by atoms with Crippen LogP contribution in [-0.4, -0.2) is 60.0 Å². The average Bonchev–Trinajstić information content (AvgIpc) is 2.91. The second-order valence-electron chi connectivity index (χ2n) is 7.69. The number of anilines is 1. The Morgan fingerprint density at radius 3 is 2.32 bits per heavy atom. The molecule has 3 rings (SSSR count). The van der Waals surface area contributed by atoms with E-state index < -0.39 is 29.4 Å². The van der Waals surface area contributed by atoms with Crippen molar-refractivity contribution in [3.05, 3.63) is 81.7 Å². The Bertz CT molecular complexity index is 1240. The van der Waals surface area contributed by atoms with E-state index in [0.717, 1.165) is 11.8 Å². The number of benzene rings is 1. The van der Waals surface area contributed by atoms with Gasteiger partial charge < -0.3 is 30.4 Å². The molecule has 0 bridgehead atoms. The molecule has 0 aliphatic carbocycles. The van der Waals surface area contributed by atoms with Crippen molar-refractivity contribution < 1.29 is 23.9 Å². The zero-order valence-corrected chi connectivity index (χ0v) is 20.7. The minimum absolute atomic E-state index is 0.00747. The number of nitrogens with zero attached hydrogens (tertiary/aromatic N) is 2. The summed E-state index contributed by atoms with van der Waals surface area (Å²) in [6, 6.07) is 10.0. The molecule has 0 radical (unpaired) electrons. The quantitative estimate of drug-likeness (QED) is 0.280. The molecule has 1 aromatic carbocycles. The van der Waals surface area contributed by atoms with Gasteiger partial charge in [0.2, 0.25) is 0 Å². The Hall–Kier alpha value is -4.74. The maximum Gasteiger partial charge on any atom is 0.307 e. The van der Waals surface area contributed by atoms with Crippen LogP contribution in [0.25, 0.3) is 0 Å². The zero-order valence-electron chi connectivity index (χ0n) is 20.7. The normalized spacial score (nSPS) is 11.2. The topological polar surface area (TPSA) is 164 Å². The number of hydrogen-bond acceptors (Lipinski definition) is 9. The summed E-state index contributed by atoms with van der Waals surface area (Å²) < 4.78 is 10.00. The third-order valence-electron chi connectivity index (χ3n) is 5.28. The van der Waals surface area contributed by atoms with Gasteiger partial charge in [0.15, 0.2) is 5.82 Å². The van der Waals surface area contributed by atoms with Gasteiger partial charge in [-0.05, 0) is 36.2 Å². The van der Waals surface area contributed by atoms with E-state index in [0.29, 0.717) is 17.1 Å². The molecule has 37 heavy (non-hydrogen) atoms. The molecule has 4 N–H and O–H groups in total. The zero-order chi connectivity index (χ0) is 26.8. The number of esters is 1. The Morgan fingerprint density at radius 2 is 1.73 bits per heavy atom. The van der Waals surface area contributed by atoms with Crippen LogP contribution >= 0.6 is 0 Å². The predicted molar refractivity (Wildman–Crippen MR) is 135 cm³/mol. The lowest BCUT2D eigenvalue weighted by atomic mass is 9.99. The number of methoxy groups -OCH3 is 1. The lowest BCUT2D eigenvalue weighted by Crippen LogP contribution is -2.35. The van der Waals surface area contributed by atoms with Crippen LogP contribution in [0.4, 0.5) is 5.82 Å². The molecule has 2 heterocycles. The summed E-state index contributed by atoms with van der Waals surface area (Å²) in [6.45, 7) is 1.92. The van der Waals surface area contributed by atoms with Gasteiger partial charge >= 0.3 is 5.97 Å². The number of H-pyrrole nitrogens is 1. The first-order chi connectivity index (χ1) is 17.9. The van der Waals surface area contributed by atoms with Crippen molar-refractivity contribution in [2.75, 3.05) is 32.6 Å². The van der Waals surface area contributed by atoms with Crippen molar-refractivity contribution in [3.63, 3.8) is 0 Å². The van der Waals surface area contributed by atoms with E-state index in [1.165, 1.54) is 0 Å². The summed E-state index contributed by atoms with van der Waals surface area (Å²) in [5.41, 5.74) is 0.344. The van der Waals surface area contributed by atoms with Gasteiger partial charge in [0.1, 0.15) is 17.1 Å². The SMILES string of the molecule is CCOC(=O)CCNC(=O)c1ncc(C(=O)NC(c2ccc(OC)cc2)c2ccc(NC)nc2)c(=O)[nH]1. The second kappa shape index (κ2) is 12.8. The molecule has 1 atom stereocenters. The van der Waals surface area contributed by atoms with E-state index in [9.17, 15) is 19.2 Å². The number of carbonyl (C=O) groups excluding carboxylic acids is 3. The van der Waals surface area contributed by atoms with Gasteiger partial charge in [-0.15, -0.1) is 0 Å². The first kappa shape index (κ1) is 26.9. The molecule has 0 aliphatic rings. The van der Waals surface area contributed by atoms with Gasteiger partial charge in [-0.25, -0.2) is 9.97 Å². The van der Waals surface area contributed by atoms with Gasteiger partial charge in [-0.3, -0.25) is 19.2 Å². The standard InChI is InChI=1S/C25H28N6O6/c1-4-37-20(32)11-12-27-25(35)22-29-14-18(24(34)31-22)23(33)30-21(15-5-8-17(36-3)9-6-15)16-7-10-19(26-2)28-13-16/h5-10,13-14,21H,4,11-12H2,1-3H3,(H,26,28)(H,27,35)(H,30,33)(H,29,31,34). The van der Waals surface area contributed by atoms with Crippen LogP contribution in [0.5, 0.6) is 5.75 Å². The summed E-state index contributed by atoms with van der Waals surface area (Å²) in [7, 11) is 3.30. The number of aromatic amines is 1. The van der Waals surface area contributed by atoms with Gasteiger partial charge in [0.05, 0.1) is 26.2 Å². The maximum absolute atomic E-state index is 13.1. The Kier molecular flexibility index (Phi) is 9.30. The molecule has 2 amide bonds. The number of amides is 2. The van der Waals surface area contributed by atoms with Crippen molar-refractivity contribution >= 4 is 23.6 Å². The largest absolute Gasteiger partial charge is 0.497 e. The van der Waals surface area contributed by atoms with Crippen LogP contribution in [0, 0.1) is 0 Å². The number of hydrogen-bond donors (Lipinski definition) is 4. The highest BCUT2D eigenvalue weighted by Gasteiger charge is 2.22. The number of aromatic nitrogens is 3. The summed E-state index contributed by atoms with van der Waals surface area (Å²) in [5.74, 6) is -0.835. The lowest BCUT2D eigenvalue weighted by Gasteiger charge is -2.20. The molecule has 0 saturated carbocycles. The van der Waals surface area contributed by atoms with E-state index in [4.69, 9.17) is 9.47 Å². The Balaban J connectivity index is 1.78. The molecule has 12 nitrogen and oxygen atoms in total. The van der Waals surface area contributed by atoms with E-state index in [-0.39, 0.29) is 31.0 Å². The molecule has 0 aliphatic heterocycles. The summed E-state index contributed by atoms with van der Waals surface area (Å²) in [5, 5.41) is 8.24. The van der Waals surface area contributed by atoms with Crippen molar-refractivity contribution in [2.24, 2.45) is 0 Å². The molecule has 2 aromatic heterocycles. The Morgan fingerprint density at radius 1 is 1.00 bits per heavy atom. The Labute approximate surface area is 212 Å². The molecule has 0 spiro atoms. The molecular weight excluding hydrogens is 480 g/mol. The van der Waals surface area contributed by atoms with Crippen LogP contribution in [0.2, 0.25) is 0 Å².